The molecule has 4 nitrogen and oxygen atoms in total. The van der Waals surface area contributed by atoms with Crippen LogP contribution in [0.25, 0.3) is 0 Å². The van der Waals surface area contributed by atoms with E-state index in [2.05, 4.69) is 21.2 Å². The molecule has 0 unspecified atom stereocenters. The molecule has 1 aliphatic rings. The Bertz CT molecular complexity index is 416. The molecule has 3 N–H and O–H groups in total. The van der Waals surface area contributed by atoms with Gasteiger partial charge in [0.25, 0.3) is 0 Å². The third kappa shape index (κ3) is 3.12. The van der Waals surface area contributed by atoms with Gasteiger partial charge in [-0.1, -0.05) is 15.9 Å². The average molecular weight is 298 g/mol. The Morgan fingerprint density at radius 2 is 2.12 bits per heavy atom. The van der Waals surface area contributed by atoms with Crippen molar-refractivity contribution in [3.63, 3.8) is 0 Å². The van der Waals surface area contributed by atoms with Gasteiger partial charge in [-0.25, -0.2) is 0 Å². The van der Waals surface area contributed by atoms with E-state index in [1.54, 1.807) is 0 Å². The molecular formula is C12H16BrN3O. The van der Waals surface area contributed by atoms with Gasteiger partial charge in [0.15, 0.2) is 0 Å². The average Bonchev–Trinajstić information content (AvgIpc) is 2.81. The Labute approximate surface area is 109 Å². The molecular weight excluding hydrogens is 282 g/mol. The summed E-state index contributed by atoms with van der Waals surface area (Å²) in [6.45, 7) is 2.08. The first-order valence-corrected chi connectivity index (χ1v) is 6.53. The highest BCUT2D eigenvalue weighted by Crippen LogP contribution is 2.22. The Morgan fingerprint density at radius 1 is 1.41 bits per heavy atom. The predicted octanol–water partition coefficient (Wildman–Crippen LogP) is 2.07. The van der Waals surface area contributed by atoms with Gasteiger partial charge < -0.3 is 16.0 Å². The van der Waals surface area contributed by atoms with E-state index in [0.29, 0.717) is 12.2 Å². The van der Waals surface area contributed by atoms with Crippen LogP contribution in [0.15, 0.2) is 22.7 Å². The van der Waals surface area contributed by atoms with E-state index in [9.17, 15) is 4.79 Å². The van der Waals surface area contributed by atoms with E-state index in [1.807, 2.05) is 23.1 Å². The number of anilines is 2. The number of hydrogen-bond donors (Lipinski definition) is 2. The standard InChI is InChI=1S/C12H16BrN3O/c13-9-3-4-11(10(14)7-9)15-8-12(17)16-5-1-2-6-16/h3-4,7,15H,1-2,5-6,8,14H2. The summed E-state index contributed by atoms with van der Waals surface area (Å²) in [5.41, 5.74) is 7.30. The number of amides is 1. The molecule has 0 spiro atoms. The summed E-state index contributed by atoms with van der Waals surface area (Å²) >= 11 is 3.35. The van der Waals surface area contributed by atoms with Crippen LogP contribution in [0.4, 0.5) is 11.4 Å². The van der Waals surface area contributed by atoms with Crippen LogP contribution in [-0.4, -0.2) is 30.4 Å². The number of carbonyl (C=O) groups is 1. The number of hydrogen-bond acceptors (Lipinski definition) is 3. The van der Waals surface area contributed by atoms with Crippen molar-refractivity contribution >= 4 is 33.2 Å². The molecule has 1 amide bonds. The molecule has 0 aromatic heterocycles. The zero-order chi connectivity index (χ0) is 12.3. The Kier molecular flexibility index (Phi) is 3.89. The first-order chi connectivity index (χ1) is 8.16. The lowest BCUT2D eigenvalue weighted by molar-refractivity contribution is -0.128. The van der Waals surface area contributed by atoms with Crippen LogP contribution in [0.2, 0.25) is 0 Å². The maximum absolute atomic E-state index is 11.8. The smallest absolute Gasteiger partial charge is 0.241 e. The van der Waals surface area contributed by atoms with Crippen molar-refractivity contribution in [3.05, 3.63) is 22.7 Å². The number of benzene rings is 1. The van der Waals surface area contributed by atoms with Crippen molar-refractivity contribution in [2.75, 3.05) is 30.7 Å². The van der Waals surface area contributed by atoms with Crippen LogP contribution >= 0.6 is 15.9 Å². The number of likely N-dealkylation sites (tertiary alicyclic amines) is 1. The maximum atomic E-state index is 11.8. The molecule has 0 radical (unpaired) electrons. The van der Waals surface area contributed by atoms with Crippen LogP contribution in [0, 0.1) is 0 Å². The normalized spacial score (nSPS) is 15.0. The van der Waals surface area contributed by atoms with E-state index < -0.39 is 0 Å². The maximum Gasteiger partial charge on any atom is 0.241 e. The molecule has 0 saturated carbocycles. The topological polar surface area (TPSA) is 58.4 Å². The van der Waals surface area contributed by atoms with E-state index in [0.717, 1.165) is 36.1 Å². The van der Waals surface area contributed by atoms with E-state index >= 15 is 0 Å². The van der Waals surface area contributed by atoms with Gasteiger partial charge in [-0.3, -0.25) is 4.79 Å². The van der Waals surface area contributed by atoms with Gasteiger partial charge in [0.1, 0.15) is 0 Å². The van der Waals surface area contributed by atoms with E-state index in [-0.39, 0.29) is 5.91 Å². The van der Waals surface area contributed by atoms with Crippen LogP contribution in [0.5, 0.6) is 0 Å². The van der Waals surface area contributed by atoms with Crippen molar-refractivity contribution in [2.24, 2.45) is 0 Å². The van der Waals surface area contributed by atoms with E-state index in [1.165, 1.54) is 0 Å². The van der Waals surface area contributed by atoms with Crippen molar-refractivity contribution in [1.82, 2.24) is 4.90 Å². The fraction of sp³-hybridized carbons (Fsp3) is 0.417. The first kappa shape index (κ1) is 12.2. The Balaban J connectivity index is 1.90. The van der Waals surface area contributed by atoms with Crippen molar-refractivity contribution in [2.45, 2.75) is 12.8 Å². The fourth-order valence-corrected chi connectivity index (χ4v) is 2.32. The number of nitrogens with two attached hydrogens (primary N) is 1. The SMILES string of the molecule is Nc1cc(Br)ccc1NCC(=O)N1CCCC1. The second kappa shape index (κ2) is 5.40. The molecule has 1 saturated heterocycles. The quantitative estimate of drug-likeness (QED) is 0.840. The molecule has 1 aliphatic heterocycles. The Hall–Kier alpha value is -1.23. The molecule has 2 rings (SSSR count). The molecule has 0 atom stereocenters. The molecule has 17 heavy (non-hydrogen) atoms. The minimum atomic E-state index is 0.143. The zero-order valence-corrected chi connectivity index (χ0v) is 11.2. The monoisotopic (exact) mass is 297 g/mol. The number of nitrogens with zero attached hydrogens (tertiary/aromatic N) is 1. The summed E-state index contributed by atoms with van der Waals surface area (Å²) in [6, 6.07) is 5.60. The molecule has 1 aromatic rings. The van der Waals surface area contributed by atoms with E-state index in [4.69, 9.17) is 5.73 Å². The highest BCUT2D eigenvalue weighted by Gasteiger charge is 2.17. The van der Waals surface area contributed by atoms with Gasteiger partial charge in [-0.2, -0.15) is 0 Å². The molecule has 1 heterocycles. The van der Waals surface area contributed by atoms with Gasteiger partial charge >= 0.3 is 0 Å². The predicted molar refractivity (Wildman–Crippen MR) is 72.9 cm³/mol. The van der Waals surface area contributed by atoms with Crippen LogP contribution in [-0.2, 0) is 4.79 Å². The summed E-state index contributed by atoms with van der Waals surface area (Å²) in [7, 11) is 0. The minimum Gasteiger partial charge on any atom is -0.397 e. The molecule has 1 fully saturated rings. The molecule has 92 valence electrons. The summed E-state index contributed by atoms with van der Waals surface area (Å²) in [5, 5.41) is 3.08. The minimum absolute atomic E-state index is 0.143. The highest BCUT2D eigenvalue weighted by molar-refractivity contribution is 9.10. The molecule has 1 aromatic carbocycles. The van der Waals surface area contributed by atoms with Gasteiger partial charge in [0.2, 0.25) is 5.91 Å². The number of carbonyl (C=O) groups excluding carboxylic acids is 1. The summed E-state index contributed by atoms with van der Waals surface area (Å²) in [4.78, 5) is 13.7. The third-order valence-corrected chi connectivity index (χ3v) is 3.40. The van der Waals surface area contributed by atoms with Crippen LogP contribution < -0.4 is 11.1 Å². The summed E-state index contributed by atoms with van der Waals surface area (Å²) in [6.07, 6.45) is 2.23. The van der Waals surface area contributed by atoms with Crippen molar-refractivity contribution < 1.29 is 4.79 Å². The fourth-order valence-electron chi connectivity index (χ4n) is 1.94. The first-order valence-electron chi connectivity index (χ1n) is 5.73. The molecule has 0 aliphatic carbocycles. The number of rotatable bonds is 3. The summed E-state index contributed by atoms with van der Waals surface area (Å²) < 4.78 is 0.936. The van der Waals surface area contributed by atoms with Gasteiger partial charge in [-0.15, -0.1) is 0 Å². The number of nitrogens with one attached hydrogen (secondary N) is 1. The third-order valence-electron chi connectivity index (χ3n) is 2.90. The second-order valence-corrected chi connectivity index (χ2v) is 5.09. The molecule has 5 heteroatoms. The lowest BCUT2D eigenvalue weighted by Crippen LogP contribution is -2.33. The van der Waals surface area contributed by atoms with Crippen molar-refractivity contribution in [1.29, 1.82) is 0 Å². The van der Waals surface area contributed by atoms with Crippen LogP contribution in [0.3, 0.4) is 0 Å². The van der Waals surface area contributed by atoms with Crippen molar-refractivity contribution in [3.8, 4) is 0 Å². The number of halogens is 1. The Morgan fingerprint density at radius 3 is 2.76 bits per heavy atom. The highest BCUT2D eigenvalue weighted by atomic mass is 79.9. The van der Waals surface area contributed by atoms with Gasteiger partial charge in [-0.05, 0) is 31.0 Å². The molecule has 0 bridgehead atoms. The largest absolute Gasteiger partial charge is 0.397 e. The van der Waals surface area contributed by atoms with Gasteiger partial charge in [0.05, 0.1) is 17.9 Å². The van der Waals surface area contributed by atoms with Crippen LogP contribution in [0.1, 0.15) is 12.8 Å². The lowest BCUT2D eigenvalue weighted by Gasteiger charge is -2.16. The second-order valence-electron chi connectivity index (χ2n) is 4.17. The summed E-state index contributed by atoms with van der Waals surface area (Å²) in [5.74, 6) is 0.143. The zero-order valence-electron chi connectivity index (χ0n) is 9.58. The van der Waals surface area contributed by atoms with Gasteiger partial charge in [0, 0.05) is 17.6 Å². The number of nitrogen functional groups attached to an aromatic ring is 1. The lowest BCUT2D eigenvalue weighted by atomic mass is 10.2.